The number of thiophene rings is 1. The highest BCUT2D eigenvalue weighted by Crippen LogP contribution is 2.22. The second-order valence-corrected chi connectivity index (χ2v) is 6.01. The van der Waals surface area contributed by atoms with Crippen molar-refractivity contribution in [2.75, 3.05) is 19.6 Å². The first-order chi connectivity index (χ1) is 8.90. The lowest BCUT2D eigenvalue weighted by Crippen LogP contribution is -2.51. The maximum atomic E-state index is 11.9. The van der Waals surface area contributed by atoms with Crippen molar-refractivity contribution in [1.29, 1.82) is 0 Å². The fourth-order valence-corrected chi connectivity index (χ4v) is 2.71. The monoisotopic (exact) mass is 283 g/mol. The van der Waals surface area contributed by atoms with Crippen LogP contribution in [0.2, 0.25) is 0 Å². The van der Waals surface area contributed by atoms with Gasteiger partial charge >= 0.3 is 0 Å². The second-order valence-electron chi connectivity index (χ2n) is 5.23. The van der Waals surface area contributed by atoms with Crippen LogP contribution in [0.3, 0.4) is 0 Å². The largest absolute Gasteiger partial charge is 0.353 e. The van der Waals surface area contributed by atoms with Crippen molar-refractivity contribution in [3.8, 4) is 0 Å². The Morgan fingerprint density at radius 2 is 2.11 bits per heavy atom. The Labute approximate surface area is 120 Å². The minimum Gasteiger partial charge on any atom is -0.353 e. The Balaban J connectivity index is 2.74. The molecule has 3 N–H and O–H groups in total. The Kier molecular flexibility index (Phi) is 5.97. The van der Waals surface area contributed by atoms with Crippen LogP contribution in [-0.2, 0) is 4.79 Å². The van der Waals surface area contributed by atoms with Crippen molar-refractivity contribution in [3.05, 3.63) is 22.4 Å². The highest BCUT2D eigenvalue weighted by molar-refractivity contribution is 7.07. The molecule has 0 radical (unpaired) electrons. The number of amides is 1. The lowest BCUT2D eigenvalue weighted by atomic mass is 10.1. The van der Waals surface area contributed by atoms with E-state index >= 15 is 0 Å². The molecule has 0 fully saturated rings. The fourth-order valence-electron chi connectivity index (χ4n) is 2.00. The summed E-state index contributed by atoms with van der Waals surface area (Å²) in [6.07, 6.45) is 0. The van der Waals surface area contributed by atoms with Crippen LogP contribution in [0.25, 0.3) is 0 Å². The third kappa shape index (κ3) is 4.60. The highest BCUT2D eigenvalue weighted by Gasteiger charge is 2.24. The maximum Gasteiger partial charge on any atom is 0.239 e. The van der Waals surface area contributed by atoms with Crippen molar-refractivity contribution >= 4 is 17.2 Å². The molecule has 0 aliphatic rings. The van der Waals surface area contributed by atoms with E-state index in [-0.39, 0.29) is 11.9 Å². The van der Waals surface area contributed by atoms with Gasteiger partial charge in [0.15, 0.2) is 0 Å². The third-order valence-electron chi connectivity index (χ3n) is 3.22. The van der Waals surface area contributed by atoms with E-state index in [2.05, 4.69) is 40.9 Å². The molecule has 108 valence electrons. The van der Waals surface area contributed by atoms with Gasteiger partial charge in [0.05, 0.1) is 11.6 Å². The Morgan fingerprint density at radius 3 is 2.53 bits per heavy atom. The van der Waals surface area contributed by atoms with Crippen LogP contribution in [0, 0.1) is 0 Å². The second kappa shape index (κ2) is 7.03. The van der Waals surface area contributed by atoms with Crippen LogP contribution >= 0.6 is 11.3 Å². The van der Waals surface area contributed by atoms with Crippen LogP contribution in [-0.4, -0.2) is 36.0 Å². The number of likely N-dealkylation sites (N-methyl/N-ethyl adjacent to an activating group) is 1. The average molecular weight is 283 g/mol. The molecule has 1 amide bonds. The topological polar surface area (TPSA) is 58.4 Å². The summed E-state index contributed by atoms with van der Waals surface area (Å²) in [5, 5.41) is 7.17. The van der Waals surface area contributed by atoms with Crippen LogP contribution in [0.4, 0.5) is 0 Å². The van der Waals surface area contributed by atoms with Crippen LogP contribution in [0.15, 0.2) is 16.8 Å². The molecule has 0 aliphatic carbocycles. The molecule has 1 aromatic heterocycles. The lowest BCUT2D eigenvalue weighted by Gasteiger charge is -2.30. The van der Waals surface area contributed by atoms with E-state index in [4.69, 9.17) is 5.73 Å². The zero-order valence-corrected chi connectivity index (χ0v) is 13.1. The molecule has 0 saturated heterocycles. The molecular weight excluding hydrogens is 258 g/mol. The predicted octanol–water partition coefficient (Wildman–Crippen LogP) is 1.98. The summed E-state index contributed by atoms with van der Waals surface area (Å²) < 4.78 is 0. The van der Waals surface area contributed by atoms with Crippen LogP contribution < -0.4 is 11.1 Å². The number of carbonyl (C=O) groups is 1. The normalized spacial score (nSPS) is 13.6. The molecule has 0 aromatic carbocycles. The zero-order valence-electron chi connectivity index (χ0n) is 12.3. The van der Waals surface area contributed by atoms with E-state index < -0.39 is 5.54 Å². The van der Waals surface area contributed by atoms with Gasteiger partial charge in [-0.05, 0) is 49.3 Å². The number of nitrogens with one attached hydrogen (secondary N) is 1. The van der Waals surface area contributed by atoms with Crippen LogP contribution in [0.5, 0.6) is 0 Å². The van der Waals surface area contributed by atoms with Crippen molar-refractivity contribution in [3.63, 3.8) is 0 Å². The number of rotatable bonds is 7. The summed E-state index contributed by atoms with van der Waals surface area (Å²) in [6.45, 7) is 10.2. The summed E-state index contributed by atoms with van der Waals surface area (Å²) in [5.41, 5.74) is 6.22. The Morgan fingerprint density at radius 1 is 1.47 bits per heavy atom. The number of carbonyl (C=O) groups excluding carboxylic acids is 1. The van der Waals surface area contributed by atoms with Crippen molar-refractivity contribution in [1.82, 2.24) is 10.2 Å². The lowest BCUT2D eigenvalue weighted by molar-refractivity contribution is -0.125. The molecule has 0 aliphatic heterocycles. The van der Waals surface area contributed by atoms with E-state index in [0.717, 1.165) is 13.1 Å². The molecule has 4 nitrogen and oxygen atoms in total. The van der Waals surface area contributed by atoms with Gasteiger partial charge in [-0.1, -0.05) is 13.8 Å². The van der Waals surface area contributed by atoms with Crippen LogP contribution in [0.1, 0.15) is 39.3 Å². The molecule has 1 atom stereocenters. The Hall–Kier alpha value is -0.910. The first-order valence-corrected chi connectivity index (χ1v) is 7.67. The number of nitrogens with two attached hydrogens (primary N) is 1. The van der Waals surface area contributed by atoms with Gasteiger partial charge in [0.25, 0.3) is 0 Å². The standard InChI is InChI=1S/C14H25N3OS/c1-5-17(6-2)12(11-7-8-19-10-11)9-16-13(18)14(3,4)15/h7-8,10,12H,5-6,9,15H2,1-4H3,(H,16,18). The van der Waals surface area contributed by atoms with E-state index in [1.54, 1.807) is 25.2 Å². The van der Waals surface area contributed by atoms with Gasteiger partial charge in [-0.3, -0.25) is 9.69 Å². The highest BCUT2D eigenvalue weighted by atomic mass is 32.1. The quantitative estimate of drug-likeness (QED) is 0.804. The number of hydrogen-bond acceptors (Lipinski definition) is 4. The molecule has 1 aromatic rings. The predicted molar refractivity (Wildman–Crippen MR) is 81.3 cm³/mol. The smallest absolute Gasteiger partial charge is 0.239 e. The molecule has 1 unspecified atom stereocenters. The van der Waals surface area contributed by atoms with Crippen molar-refractivity contribution in [2.45, 2.75) is 39.3 Å². The minimum atomic E-state index is -0.831. The molecule has 1 heterocycles. The molecule has 1 rings (SSSR count). The first kappa shape index (κ1) is 16.1. The maximum absolute atomic E-state index is 11.9. The number of nitrogens with zero attached hydrogens (tertiary/aromatic N) is 1. The molecule has 0 spiro atoms. The average Bonchev–Trinajstić information content (AvgIpc) is 2.86. The van der Waals surface area contributed by atoms with Gasteiger partial charge < -0.3 is 11.1 Å². The van der Waals surface area contributed by atoms with Crippen molar-refractivity contribution in [2.24, 2.45) is 5.73 Å². The molecule has 0 bridgehead atoms. The summed E-state index contributed by atoms with van der Waals surface area (Å²) >= 11 is 1.68. The summed E-state index contributed by atoms with van der Waals surface area (Å²) in [7, 11) is 0. The summed E-state index contributed by atoms with van der Waals surface area (Å²) in [4.78, 5) is 14.2. The fraction of sp³-hybridized carbons (Fsp3) is 0.643. The molecule has 0 saturated carbocycles. The summed E-state index contributed by atoms with van der Waals surface area (Å²) in [6, 6.07) is 2.33. The van der Waals surface area contributed by atoms with E-state index in [1.165, 1.54) is 5.56 Å². The molecule has 5 heteroatoms. The van der Waals surface area contributed by atoms with Gasteiger partial charge in [0.2, 0.25) is 5.91 Å². The van der Waals surface area contributed by atoms with E-state index in [9.17, 15) is 4.79 Å². The Bertz CT molecular complexity index is 380. The summed E-state index contributed by atoms with van der Waals surface area (Å²) in [5.74, 6) is -0.111. The zero-order chi connectivity index (χ0) is 14.5. The van der Waals surface area contributed by atoms with Gasteiger partial charge in [-0.2, -0.15) is 11.3 Å². The van der Waals surface area contributed by atoms with Gasteiger partial charge in [-0.15, -0.1) is 0 Å². The van der Waals surface area contributed by atoms with E-state index in [0.29, 0.717) is 6.54 Å². The minimum absolute atomic E-state index is 0.111. The number of hydrogen-bond donors (Lipinski definition) is 2. The SMILES string of the molecule is CCN(CC)C(CNC(=O)C(C)(C)N)c1ccsc1. The van der Waals surface area contributed by atoms with Gasteiger partial charge in [0, 0.05) is 6.54 Å². The van der Waals surface area contributed by atoms with Gasteiger partial charge in [-0.25, -0.2) is 0 Å². The molecular formula is C14H25N3OS. The molecule has 19 heavy (non-hydrogen) atoms. The van der Waals surface area contributed by atoms with Crippen molar-refractivity contribution < 1.29 is 4.79 Å². The third-order valence-corrected chi connectivity index (χ3v) is 3.92. The van der Waals surface area contributed by atoms with E-state index in [1.807, 2.05) is 0 Å². The first-order valence-electron chi connectivity index (χ1n) is 6.73. The van der Waals surface area contributed by atoms with Gasteiger partial charge in [0.1, 0.15) is 0 Å².